The summed E-state index contributed by atoms with van der Waals surface area (Å²) in [6.45, 7) is 3.46. The van der Waals surface area contributed by atoms with Gasteiger partial charge in [-0.25, -0.2) is 4.79 Å². The van der Waals surface area contributed by atoms with E-state index in [0.717, 1.165) is 11.0 Å². The Balaban J connectivity index is 1.90. The summed E-state index contributed by atoms with van der Waals surface area (Å²) in [5, 5.41) is 2.23. The maximum atomic E-state index is 12.8. The van der Waals surface area contributed by atoms with Crippen molar-refractivity contribution >= 4 is 35.3 Å². The van der Waals surface area contributed by atoms with E-state index in [0.29, 0.717) is 17.1 Å². The van der Waals surface area contributed by atoms with E-state index in [2.05, 4.69) is 5.32 Å². The summed E-state index contributed by atoms with van der Waals surface area (Å²) in [5.74, 6) is 0.166. The van der Waals surface area contributed by atoms with E-state index in [1.54, 1.807) is 13.8 Å². The van der Waals surface area contributed by atoms with Gasteiger partial charge in [0.1, 0.15) is 5.54 Å². The van der Waals surface area contributed by atoms with Gasteiger partial charge >= 0.3 is 12.2 Å². The van der Waals surface area contributed by atoms with E-state index in [9.17, 15) is 22.8 Å². The van der Waals surface area contributed by atoms with Gasteiger partial charge in [0.15, 0.2) is 0 Å². The monoisotopic (exact) mass is 380 g/mol. The second-order valence-electron chi connectivity index (χ2n) is 5.85. The van der Waals surface area contributed by atoms with Crippen LogP contribution in [0.1, 0.15) is 25.8 Å². The molecule has 1 fully saturated rings. The van der Waals surface area contributed by atoms with Gasteiger partial charge in [-0.1, -0.05) is 11.6 Å². The number of benzene rings is 1. The van der Waals surface area contributed by atoms with Crippen LogP contribution in [0.3, 0.4) is 0 Å². The highest BCUT2D eigenvalue weighted by Gasteiger charge is 2.43. The first-order valence-electron chi connectivity index (χ1n) is 7.16. The Morgan fingerprint density at radius 2 is 1.96 bits per heavy atom. The molecule has 132 valence electrons. The van der Waals surface area contributed by atoms with Crippen LogP contribution in [0.25, 0.3) is 0 Å². The zero-order chi connectivity index (χ0) is 18.1. The molecule has 24 heavy (non-hydrogen) atoms. The molecule has 0 radical (unpaired) electrons. The number of nitrogens with zero attached hydrogens (tertiary/aromatic N) is 1. The molecule has 0 spiro atoms. The predicted octanol–water partition coefficient (Wildman–Crippen LogP) is 4.17. The lowest BCUT2D eigenvalue weighted by Gasteiger charge is -2.15. The Morgan fingerprint density at radius 1 is 1.29 bits per heavy atom. The van der Waals surface area contributed by atoms with Crippen molar-refractivity contribution in [1.29, 1.82) is 0 Å². The quantitative estimate of drug-likeness (QED) is 0.474. The SMILES string of the molecule is CC1(C)NC(=O)N(CCCSc2ccc(Cl)c(C(F)(F)F)c2)C1=O. The molecule has 2 rings (SSSR count). The Bertz CT molecular complexity index is 665. The van der Waals surface area contributed by atoms with Crippen LogP contribution < -0.4 is 5.32 Å². The van der Waals surface area contributed by atoms with Gasteiger partial charge in [-0.2, -0.15) is 13.2 Å². The molecule has 0 saturated carbocycles. The van der Waals surface area contributed by atoms with Gasteiger partial charge in [0.2, 0.25) is 0 Å². The van der Waals surface area contributed by atoms with Crippen molar-refractivity contribution in [2.75, 3.05) is 12.3 Å². The Kier molecular flexibility index (Phi) is 5.39. The highest BCUT2D eigenvalue weighted by atomic mass is 35.5. The van der Waals surface area contributed by atoms with Gasteiger partial charge in [0.25, 0.3) is 5.91 Å². The van der Waals surface area contributed by atoms with Gasteiger partial charge in [-0.3, -0.25) is 9.69 Å². The molecule has 1 heterocycles. The second-order valence-corrected chi connectivity index (χ2v) is 7.43. The van der Waals surface area contributed by atoms with Crippen molar-refractivity contribution in [3.8, 4) is 0 Å². The summed E-state index contributed by atoms with van der Waals surface area (Å²) < 4.78 is 38.4. The number of thioether (sulfide) groups is 1. The average molecular weight is 381 g/mol. The topological polar surface area (TPSA) is 49.4 Å². The lowest BCUT2D eigenvalue weighted by Crippen LogP contribution is -2.40. The fourth-order valence-electron chi connectivity index (χ4n) is 2.25. The number of imide groups is 1. The first kappa shape index (κ1) is 18.9. The number of urea groups is 1. The van der Waals surface area contributed by atoms with Crippen LogP contribution in [-0.4, -0.2) is 34.7 Å². The number of amides is 3. The molecule has 1 N–H and O–H groups in total. The molecule has 1 aliphatic heterocycles. The number of hydrogen-bond donors (Lipinski definition) is 1. The van der Waals surface area contributed by atoms with Crippen LogP contribution in [0, 0.1) is 0 Å². The summed E-state index contributed by atoms with van der Waals surface area (Å²) in [6.07, 6.45) is -4.02. The Labute approximate surface area is 146 Å². The molecular weight excluding hydrogens is 365 g/mol. The number of carbonyl (C=O) groups is 2. The third-order valence-electron chi connectivity index (χ3n) is 3.48. The summed E-state index contributed by atoms with van der Waals surface area (Å²) >= 11 is 6.79. The fourth-order valence-corrected chi connectivity index (χ4v) is 3.34. The number of alkyl halides is 3. The normalized spacial score (nSPS) is 17.3. The van der Waals surface area contributed by atoms with Crippen LogP contribution in [0.2, 0.25) is 5.02 Å². The molecule has 0 bridgehead atoms. The number of rotatable bonds is 5. The average Bonchev–Trinajstić information content (AvgIpc) is 2.65. The molecule has 4 nitrogen and oxygen atoms in total. The molecule has 0 unspecified atom stereocenters. The summed E-state index contributed by atoms with van der Waals surface area (Å²) in [6, 6.07) is 3.29. The number of nitrogens with one attached hydrogen (secondary N) is 1. The van der Waals surface area contributed by atoms with Crippen LogP contribution in [-0.2, 0) is 11.0 Å². The minimum atomic E-state index is -4.50. The number of hydrogen-bond acceptors (Lipinski definition) is 3. The summed E-state index contributed by atoms with van der Waals surface area (Å²) in [4.78, 5) is 25.3. The number of halogens is 4. The second kappa shape index (κ2) is 6.84. The highest BCUT2D eigenvalue weighted by Crippen LogP contribution is 2.37. The standard InChI is InChI=1S/C15H16ClF3N2O2S/c1-14(2)12(22)21(13(23)20-14)6-3-7-24-9-4-5-11(16)10(8-9)15(17,18)19/h4-5,8H,3,6-7H2,1-2H3,(H,20,23). The molecule has 1 saturated heterocycles. The van der Waals surface area contributed by atoms with Gasteiger partial charge < -0.3 is 5.32 Å². The van der Waals surface area contributed by atoms with Crippen molar-refractivity contribution in [3.05, 3.63) is 28.8 Å². The molecule has 1 aromatic carbocycles. The third kappa shape index (κ3) is 4.16. The largest absolute Gasteiger partial charge is 0.417 e. The maximum absolute atomic E-state index is 12.8. The van der Waals surface area contributed by atoms with Crippen molar-refractivity contribution in [2.24, 2.45) is 0 Å². The minimum Gasteiger partial charge on any atom is -0.324 e. The Hall–Kier alpha value is -1.41. The van der Waals surface area contributed by atoms with Gasteiger partial charge in [-0.15, -0.1) is 11.8 Å². The lowest BCUT2D eigenvalue weighted by molar-refractivity contribution is -0.137. The van der Waals surface area contributed by atoms with Crippen molar-refractivity contribution in [1.82, 2.24) is 10.2 Å². The van der Waals surface area contributed by atoms with E-state index in [1.165, 1.54) is 23.9 Å². The van der Waals surface area contributed by atoms with Crippen LogP contribution in [0.15, 0.2) is 23.1 Å². The molecular formula is C15H16ClF3N2O2S. The summed E-state index contributed by atoms with van der Waals surface area (Å²) in [5.41, 5.74) is -1.79. The van der Waals surface area contributed by atoms with E-state index in [4.69, 9.17) is 11.6 Å². The Morgan fingerprint density at radius 3 is 2.50 bits per heavy atom. The molecule has 0 aromatic heterocycles. The van der Waals surface area contributed by atoms with Crippen LogP contribution >= 0.6 is 23.4 Å². The molecule has 9 heteroatoms. The van der Waals surface area contributed by atoms with E-state index < -0.39 is 23.3 Å². The minimum absolute atomic E-state index is 0.223. The van der Waals surface area contributed by atoms with Crippen molar-refractivity contribution < 1.29 is 22.8 Å². The predicted molar refractivity (Wildman–Crippen MR) is 86.1 cm³/mol. The van der Waals surface area contributed by atoms with Gasteiger partial charge in [-0.05, 0) is 44.2 Å². The molecule has 0 aliphatic carbocycles. The smallest absolute Gasteiger partial charge is 0.324 e. The van der Waals surface area contributed by atoms with Crippen LogP contribution in [0.4, 0.5) is 18.0 Å². The zero-order valence-corrected chi connectivity index (χ0v) is 14.6. The van der Waals surface area contributed by atoms with Gasteiger partial charge in [0.05, 0.1) is 10.6 Å². The van der Waals surface area contributed by atoms with E-state index in [-0.39, 0.29) is 17.5 Å². The van der Waals surface area contributed by atoms with Crippen molar-refractivity contribution in [2.45, 2.75) is 36.9 Å². The first-order chi connectivity index (χ1) is 11.0. The summed E-state index contributed by atoms with van der Waals surface area (Å²) in [7, 11) is 0. The van der Waals surface area contributed by atoms with Gasteiger partial charge in [0, 0.05) is 11.4 Å². The van der Waals surface area contributed by atoms with Crippen molar-refractivity contribution in [3.63, 3.8) is 0 Å². The molecule has 0 atom stereocenters. The van der Waals surface area contributed by atoms with Crippen LogP contribution in [0.5, 0.6) is 0 Å². The molecule has 3 amide bonds. The number of carbonyl (C=O) groups excluding carboxylic acids is 2. The van der Waals surface area contributed by atoms with E-state index >= 15 is 0 Å². The highest BCUT2D eigenvalue weighted by molar-refractivity contribution is 7.99. The zero-order valence-electron chi connectivity index (χ0n) is 13.0. The fraction of sp³-hybridized carbons (Fsp3) is 0.467. The molecule has 1 aliphatic rings. The third-order valence-corrected chi connectivity index (χ3v) is 4.89. The van der Waals surface area contributed by atoms with E-state index in [1.807, 2.05) is 0 Å². The first-order valence-corrected chi connectivity index (χ1v) is 8.52. The molecule has 1 aromatic rings. The lowest BCUT2D eigenvalue weighted by atomic mass is 10.1. The maximum Gasteiger partial charge on any atom is 0.417 e.